The number of benzene rings is 5. The average Bonchev–Trinajstić information content (AvgIpc) is 3.23. The molecule has 5 aromatic carbocycles. The molecule has 190 valence electrons. The van der Waals surface area contributed by atoms with Gasteiger partial charge < -0.3 is 25.4 Å². The molecule has 1 aromatic heterocycles. The fourth-order valence-electron chi connectivity index (χ4n) is 5.87. The van der Waals surface area contributed by atoms with E-state index >= 15 is 0 Å². The molecule has 0 bridgehead atoms. The maximum atomic E-state index is 12.8. The Bertz CT molecular complexity index is 1870. The number of nitrogens with zero attached hydrogens (tertiary/aromatic N) is 2. The van der Waals surface area contributed by atoms with Gasteiger partial charge in [-0.2, -0.15) is 4.98 Å². The van der Waals surface area contributed by atoms with Crippen molar-refractivity contribution in [2.45, 2.75) is 31.1 Å². The molecule has 1 aliphatic heterocycles. The summed E-state index contributed by atoms with van der Waals surface area (Å²) in [7, 11) is 0. The predicted octanol–water partition coefficient (Wildman–Crippen LogP) is 3.52. The highest BCUT2D eigenvalue weighted by molar-refractivity contribution is 6.30. The van der Waals surface area contributed by atoms with Crippen molar-refractivity contribution in [1.82, 2.24) is 9.55 Å². The Morgan fingerprint density at radius 1 is 0.816 bits per heavy atom. The van der Waals surface area contributed by atoms with Crippen molar-refractivity contribution < 1.29 is 20.1 Å². The van der Waals surface area contributed by atoms with E-state index in [1.165, 1.54) is 38.5 Å². The second kappa shape index (κ2) is 8.75. The SMILES string of the molecule is O=c1nc(NCc2c3ccccc3c3ccc4cccc5ccc2c3c54)ccn1[C@@H]1O[C@H](CO)[C@@H](O)[C@H]1O. The van der Waals surface area contributed by atoms with Gasteiger partial charge in [0.05, 0.1) is 6.61 Å². The van der Waals surface area contributed by atoms with Gasteiger partial charge in [-0.15, -0.1) is 0 Å². The van der Waals surface area contributed by atoms with Crippen LogP contribution in [-0.2, 0) is 11.3 Å². The standard InChI is InChI=1S/C30H25N3O5/c34-15-23-27(35)28(36)29(38-23)33-13-12-24(32-30(33)37)31-14-22-19-7-2-1-6-18(19)20-10-8-16-4-3-5-17-9-11-21(22)26(20)25(16)17/h1-13,23,27-29,34-36H,14-15H2,(H,31,32,37)/t23-,27-,28-,29-/m1/s1. The first-order valence-corrected chi connectivity index (χ1v) is 12.6. The van der Waals surface area contributed by atoms with Gasteiger partial charge >= 0.3 is 5.69 Å². The molecule has 1 fully saturated rings. The zero-order valence-electron chi connectivity index (χ0n) is 20.3. The maximum absolute atomic E-state index is 12.8. The zero-order valence-corrected chi connectivity index (χ0v) is 20.3. The summed E-state index contributed by atoms with van der Waals surface area (Å²) in [6.07, 6.45) is -3.27. The summed E-state index contributed by atoms with van der Waals surface area (Å²) in [5, 5.41) is 42.5. The molecule has 1 aliphatic rings. The van der Waals surface area contributed by atoms with Crippen molar-refractivity contribution >= 4 is 48.9 Å². The third kappa shape index (κ3) is 3.39. The molecular weight excluding hydrogens is 482 g/mol. The van der Waals surface area contributed by atoms with Crippen LogP contribution in [0.15, 0.2) is 83.8 Å². The Labute approximate surface area is 216 Å². The van der Waals surface area contributed by atoms with Crippen LogP contribution >= 0.6 is 0 Å². The number of aliphatic hydroxyl groups is 3. The number of aliphatic hydroxyl groups excluding tert-OH is 3. The van der Waals surface area contributed by atoms with Gasteiger partial charge in [0.1, 0.15) is 24.1 Å². The molecule has 0 radical (unpaired) electrons. The van der Waals surface area contributed by atoms with E-state index in [9.17, 15) is 20.1 Å². The maximum Gasteiger partial charge on any atom is 0.351 e. The van der Waals surface area contributed by atoms with E-state index in [2.05, 4.69) is 71.0 Å². The summed E-state index contributed by atoms with van der Waals surface area (Å²) >= 11 is 0. The van der Waals surface area contributed by atoms with Gasteiger partial charge in [-0.25, -0.2) is 4.79 Å². The summed E-state index contributed by atoms with van der Waals surface area (Å²) in [4.78, 5) is 17.0. The molecule has 0 unspecified atom stereocenters. The highest BCUT2D eigenvalue weighted by Gasteiger charge is 2.43. The second-order valence-corrected chi connectivity index (χ2v) is 9.79. The molecule has 38 heavy (non-hydrogen) atoms. The summed E-state index contributed by atoms with van der Waals surface area (Å²) in [5.74, 6) is 0.382. The Kier molecular flexibility index (Phi) is 5.31. The van der Waals surface area contributed by atoms with Crippen molar-refractivity contribution in [3.8, 4) is 0 Å². The quantitative estimate of drug-likeness (QED) is 0.208. The van der Waals surface area contributed by atoms with Gasteiger partial charge in [-0.05, 0) is 54.7 Å². The molecule has 0 saturated carbocycles. The second-order valence-electron chi connectivity index (χ2n) is 9.79. The van der Waals surface area contributed by atoms with E-state index in [-0.39, 0.29) is 0 Å². The molecule has 4 N–H and O–H groups in total. The van der Waals surface area contributed by atoms with Gasteiger partial charge in [0.25, 0.3) is 0 Å². The zero-order chi connectivity index (χ0) is 26.0. The van der Waals surface area contributed by atoms with Crippen LogP contribution in [0.2, 0.25) is 0 Å². The largest absolute Gasteiger partial charge is 0.394 e. The summed E-state index contributed by atoms with van der Waals surface area (Å²) in [5.41, 5.74) is 0.478. The number of fused-ring (bicyclic) bond motifs is 2. The highest BCUT2D eigenvalue weighted by atomic mass is 16.6. The Morgan fingerprint density at radius 2 is 1.55 bits per heavy atom. The Morgan fingerprint density at radius 3 is 2.26 bits per heavy atom. The number of rotatable bonds is 5. The molecule has 2 heterocycles. The molecule has 7 rings (SSSR count). The van der Waals surface area contributed by atoms with Gasteiger partial charge in [0, 0.05) is 12.7 Å². The van der Waals surface area contributed by atoms with E-state index in [1.54, 1.807) is 6.07 Å². The molecule has 8 heteroatoms. The molecule has 1 saturated heterocycles. The fourth-order valence-corrected chi connectivity index (χ4v) is 5.87. The first-order valence-electron chi connectivity index (χ1n) is 12.6. The summed E-state index contributed by atoms with van der Waals surface area (Å²) in [6.45, 7) is -0.0250. The third-order valence-electron chi connectivity index (χ3n) is 7.71. The van der Waals surface area contributed by atoms with E-state index in [0.29, 0.717) is 12.4 Å². The van der Waals surface area contributed by atoms with Crippen LogP contribution in [0.1, 0.15) is 11.8 Å². The van der Waals surface area contributed by atoms with E-state index in [1.807, 2.05) is 6.07 Å². The van der Waals surface area contributed by atoms with Gasteiger partial charge in [-0.1, -0.05) is 66.7 Å². The minimum atomic E-state index is -1.35. The van der Waals surface area contributed by atoms with Gasteiger partial charge in [0.2, 0.25) is 0 Å². The molecular formula is C30H25N3O5. The highest BCUT2D eigenvalue weighted by Crippen LogP contribution is 2.41. The van der Waals surface area contributed by atoms with Crippen molar-refractivity contribution in [3.05, 3.63) is 95.0 Å². The van der Waals surface area contributed by atoms with Crippen LogP contribution in [0.4, 0.5) is 5.82 Å². The summed E-state index contributed by atoms with van der Waals surface area (Å²) in [6, 6.07) is 25.0. The topological polar surface area (TPSA) is 117 Å². The van der Waals surface area contributed by atoms with E-state index in [4.69, 9.17) is 4.74 Å². The van der Waals surface area contributed by atoms with Gasteiger partial charge in [0.15, 0.2) is 6.23 Å². The smallest absolute Gasteiger partial charge is 0.351 e. The normalized spacial score (nSPS) is 21.8. The van der Waals surface area contributed by atoms with E-state index < -0.39 is 36.8 Å². The lowest BCUT2D eigenvalue weighted by Gasteiger charge is -2.19. The monoisotopic (exact) mass is 507 g/mol. The first-order chi connectivity index (χ1) is 18.5. The van der Waals surface area contributed by atoms with Crippen LogP contribution in [0.3, 0.4) is 0 Å². The van der Waals surface area contributed by atoms with Crippen molar-refractivity contribution in [3.63, 3.8) is 0 Å². The fraction of sp³-hybridized carbons (Fsp3) is 0.200. The number of nitrogens with one attached hydrogen (secondary N) is 1. The van der Waals surface area contributed by atoms with Crippen LogP contribution in [0.25, 0.3) is 43.1 Å². The Balaban J connectivity index is 1.29. The minimum Gasteiger partial charge on any atom is -0.394 e. The number of ether oxygens (including phenoxy) is 1. The lowest BCUT2D eigenvalue weighted by Crippen LogP contribution is -2.36. The van der Waals surface area contributed by atoms with Crippen LogP contribution in [-0.4, -0.2) is 49.8 Å². The van der Waals surface area contributed by atoms with Crippen molar-refractivity contribution in [1.29, 1.82) is 0 Å². The molecule has 8 nitrogen and oxygen atoms in total. The van der Waals surface area contributed by atoms with Crippen LogP contribution in [0.5, 0.6) is 0 Å². The molecule has 0 amide bonds. The first kappa shape index (κ1) is 23.1. The molecule has 4 atom stereocenters. The number of anilines is 1. The number of hydrogen-bond donors (Lipinski definition) is 4. The lowest BCUT2D eigenvalue weighted by atomic mass is 9.88. The third-order valence-corrected chi connectivity index (χ3v) is 7.71. The molecule has 0 aliphatic carbocycles. The number of hydrogen-bond acceptors (Lipinski definition) is 7. The minimum absolute atomic E-state index is 0.382. The molecule has 6 aromatic rings. The summed E-state index contributed by atoms with van der Waals surface area (Å²) < 4.78 is 6.60. The van der Waals surface area contributed by atoms with Gasteiger partial charge in [-0.3, -0.25) is 4.57 Å². The van der Waals surface area contributed by atoms with E-state index in [0.717, 1.165) is 20.9 Å². The van der Waals surface area contributed by atoms with Crippen molar-refractivity contribution in [2.75, 3.05) is 11.9 Å². The Hall–Kier alpha value is -4.08. The average molecular weight is 508 g/mol. The predicted molar refractivity (Wildman–Crippen MR) is 146 cm³/mol. The van der Waals surface area contributed by atoms with Crippen LogP contribution in [0, 0.1) is 0 Å². The molecule has 0 spiro atoms. The van der Waals surface area contributed by atoms with Crippen molar-refractivity contribution in [2.24, 2.45) is 0 Å². The lowest BCUT2D eigenvalue weighted by molar-refractivity contribution is -0.0549. The van der Waals surface area contributed by atoms with Crippen LogP contribution < -0.4 is 11.0 Å². The number of aromatic nitrogens is 2.